The lowest BCUT2D eigenvalue weighted by Crippen LogP contribution is -2.02. The quantitative estimate of drug-likeness (QED) is 0.461. The fourth-order valence-corrected chi connectivity index (χ4v) is 1.17. The van der Waals surface area contributed by atoms with Gasteiger partial charge in [-0.05, 0) is 12.1 Å². The molecule has 0 atom stereocenters. The topological polar surface area (TPSA) is 69.4 Å². The Morgan fingerprint density at radius 2 is 2.18 bits per heavy atom. The van der Waals surface area contributed by atoms with Gasteiger partial charge in [-0.3, -0.25) is 10.1 Å². The van der Waals surface area contributed by atoms with Crippen LogP contribution in [0.5, 0.6) is 0 Å². The maximum atomic E-state index is 13.5. The molecule has 0 aromatic heterocycles. The monoisotopic (exact) mass is 239 g/mol. The van der Waals surface area contributed by atoms with Crippen LogP contribution in [-0.2, 0) is 4.74 Å². The maximum absolute atomic E-state index is 13.5. The van der Waals surface area contributed by atoms with Crippen LogP contribution < -0.4 is 0 Å². The first kappa shape index (κ1) is 12.8. The van der Waals surface area contributed by atoms with Crippen LogP contribution in [0, 0.1) is 15.9 Å². The lowest BCUT2D eigenvalue weighted by Gasteiger charge is -2.01. The number of nitro groups is 1. The molecule has 0 fully saturated rings. The average Bonchev–Trinajstić information content (AvgIpc) is 2.30. The highest BCUT2D eigenvalue weighted by Crippen LogP contribution is 2.15. The van der Waals surface area contributed by atoms with E-state index in [4.69, 9.17) is 0 Å². The van der Waals surface area contributed by atoms with E-state index in [-0.39, 0.29) is 16.8 Å². The van der Waals surface area contributed by atoms with Crippen molar-refractivity contribution >= 4 is 12.0 Å². The molecule has 0 saturated heterocycles. The van der Waals surface area contributed by atoms with Crippen molar-refractivity contribution in [1.82, 2.24) is 0 Å². The molecule has 0 N–H and O–H groups in total. The zero-order chi connectivity index (χ0) is 13.0. The van der Waals surface area contributed by atoms with Gasteiger partial charge >= 0.3 is 5.97 Å². The highest BCUT2D eigenvalue weighted by molar-refractivity contribution is 5.89. The van der Waals surface area contributed by atoms with E-state index in [0.29, 0.717) is 0 Å². The van der Waals surface area contributed by atoms with Crippen LogP contribution in [0.2, 0.25) is 0 Å². The standard InChI is InChI=1S/C11H10FNO4/c1-7(13(15)16)5-8-3-4-9(6-10(8)12)11(14)17-2/h3-6H,1-2H3. The van der Waals surface area contributed by atoms with Crippen LogP contribution in [0.15, 0.2) is 23.9 Å². The molecular formula is C11H10FNO4. The van der Waals surface area contributed by atoms with Crippen LogP contribution in [0.1, 0.15) is 22.8 Å². The fraction of sp³-hybridized carbons (Fsp3) is 0.182. The Hall–Kier alpha value is -2.24. The Balaban J connectivity index is 3.10. The van der Waals surface area contributed by atoms with Crippen LogP contribution in [-0.4, -0.2) is 18.0 Å². The number of hydrogen-bond donors (Lipinski definition) is 0. The lowest BCUT2D eigenvalue weighted by atomic mass is 10.1. The average molecular weight is 239 g/mol. The molecule has 1 aromatic carbocycles. The number of benzene rings is 1. The summed E-state index contributed by atoms with van der Waals surface area (Å²) in [5.74, 6) is -1.38. The minimum absolute atomic E-state index is 0.0480. The Morgan fingerprint density at radius 3 is 2.65 bits per heavy atom. The number of hydrogen-bond acceptors (Lipinski definition) is 4. The molecule has 90 valence electrons. The third kappa shape index (κ3) is 3.10. The van der Waals surface area contributed by atoms with E-state index in [0.717, 1.165) is 12.1 Å². The molecule has 0 heterocycles. The van der Waals surface area contributed by atoms with E-state index in [9.17, 15) is 19.3 Å². The summed E-state index contributed by atoms with van der Waals surface area (Å²) < 4.78 is 17.9. The van der Waals surface area contributed by atoms with Gasteiger partial charge in [-0.2, -0.15) is 0 Å². The summed E-state index contributed by atoms with van der Waals surface area (Å²) in [5, 5.41) is 10.4. The normalized spacial score (nSPS) is 11.1. The number of allylic oxidation sites excluding steroid dienone is 1. The molecule has 0 radical (unpaired) electrons. The summed E-state index contributed by atoms with van der Waals surface area (Å²) in [5.41, 5.74) is -0.0810. The van der Waals surface area contributed by atoms with Crippen LogP contribution in [0.25, 0.3) is 6.08 Å². The molecule has 1 rings (SSSR count). The molecule has 0 unspecified atom stereocenters. The zero-order valence-electron chi connectivity index (χ0n) is 9.27. The summed E-state index contributed by atoms with van der Waals surface area (Å²) in [7, 11) is 1.19. The van der Waals surface area contributed by atoms with Gasteiger partial charge in [0.05, 0.1) is 17.6 Å². The van der Waals surface area contributed by atoms with Crippen LogP contribution in [0.3, 0.4) is 0 Å². The number of esters is 1. The highest BCUT2D eigenvalue weighted by atomic mass is 19.1. The Morgan fingerprint density at radius 1 is 1.53 bits per heavy atom. The Kier molecular flexibility index (Phi) is 3.92. The summed E-state index contributed by atoms with van der Waals surface area (Å²) in [6.07, 6.45) is 1.09. The van der Waals surface area contributed by atoms with E-state index >= 15 is 0 Å². The summed E-state index contributed by atoms with van der Waals surface area (Å²) in [4.78, 5) is 20.9. The van der Waals surface area contributed by atoms with Crippen molar-refractivity contribution in [2.45, 2.75) is 6.92 Å². The van der Waals surface area contributed by atoms with Gasteiger partial charge in [-0.25, -0.2) is 9.18 Å². The van der Waals surface area contributed by atoms with Crippen molar-refractivity contribution in [2.24, 2.45) is 0 Å². The number of halogens is 1. The van der Waals surface area contributed by atoms with Crippen LogP contribution >= 0.6 is 0 Å². The summed E-state index contributed by atoms with van der Waals surface area (Å²) in [6.45, 7) is 1.26. The number of ether oxygens (including phenoxy) is 1. The Labute approximate surface area is 96.7 Å². The molecule has 0 bridgehead atoms. The molecule has 1 aromatic rings. The van der Waals surface area contributed by atoms with Crippen molar-refractivity contribution in [3.05, 3.63) is 51.0 Å². The van der Waals surface area contributed by atoms with Gasteiger partial charge in [0.25, 0.3) is 0 Å². The smallest absolute Gasteiger partial charge is 0.337 e. The number of nitrogens with zero attached hydrogens (tertiary/aromatic N) is 1. The first-order valence-corrected chi connectivity index (χ1v) is 4.66. The van der Waals surface area contributed by atoms with Gasteiger partial charge in [0.15, 0.2) is 0 Å². The molecular weight excluding hydrogens is 229 g/mol. The first-order valence-electron chi connectivity index (χ1n) is 4.66. The van der Waals surface area contributed by atoms with E-state index in [1.54, 1.807) is 0 Å². The molecule has 0 saturated carbocycles. The summed E-state index contributed by atoms with van der Waals surface area (Å²) >= 11 is 0. The number of rotatable bonds is 3. The highest BCUT2D eigenvalue weighted by Gasteiger charge is 2.10. The number of carbonyl (C=O) groups is 1. The predicted molar refractivity (Wildman–Crippen MR) is 58.4 cm³/mol. The fourth-order valence-electron chi connectivity index (χ4n) is 1.17. The second-order valence-corrected chi connectivity index (χ2v) is 3.27. The minimum Gasteiger partial charge on any atom is -0.465 e. The third-order valence-corrected chi connectivity index (χ3v) is 2.07. The molecule has 17 heavy (non-hydrogen) atoms. The molecule has 5 nitrogen and oxygen atoms in total. The SMILES string of the molecule is COC(=O)c1ccc(C=C(C)[N+](=O)[O-])c(F)c1. The van der Waals surface area contributed by atoms with Crippen LogP contribution in [0.4, 0.5) is 4.39 Å². The van der Waals surface area contributed by atoms with Gasteiger partial charge in [-0.1, -0.05) is 6.07 Å². The zero-order valence-corrected chi connectivity index (χ0v) is 9.27. The van der Waals surface area contributed by atoms with Gasteiger partial charge in [0, 0.05) is 18.6 Å². The van der Waals surface area contributed by atoms with E-state index in [2.05, 4.69) is 4.74 Å². The van der Waals surface area contributed by atoms with Gasteiger partial charge in [0.1, 0.15) is 5.82 Å². The molecule has 6 heteroatoms. The van der Waals surface area contributed by atoms with Crippen molar-refractivity contribution in [3.8, 4) is 0 Å². The molecule has 0 spiro atoms. The first-order chi connectivity index (χ1) is 7.95. The van der Waals surface area contributed by atoms with Crippen molar-refractivity contribution < 1.29 is 18.8 Å². The van der Waals surface area contributed by atoms with E-state index in [1.807, 2.05) is 0 Å². The van der Waals surface area contributed by atoms with Gasteiger partial charge in [-0.15, -0.1) is 0 Å². The number of carbonyl (C=O) groups excluding carboxylic acids is 1. The second-order valence-electron chi connectivity index (χ2n) is 3.27. The molecule has 0 amide bonds. The van der Waals surface area contributed by atoms with E-state index < -0.39 is 16.7 Å². The second kappa shape index (κ2) is 5.20. The van der Waals surface area contributed by atoms with Gasteiger partial charge < -0.3 is 4.74 Å². The maximum Gasteiger partial charge on any atom is 0.337 e. The molecule has 0 aliphatic rings. The largest absolute Gasteiger partial charge is 0.465 e. The van der Waals surface area contributed by atoms with Crippen molar-refractivity contribution in [1.29, 1.82) is 0 Å². The summed E-state index contributed by atoms with van der Waals surface area (Å²) in [6, 6.07) is 3.60. The minimum atomic E-state index is -0.714. The Bertz CT molecular complexity index is 496. The predicted octanol–water partition coefficient (Wildman–Crippen LogP) is 2.25. The molecule has 0 aliphatic heterocycles. The lowest BCUT2D eigenvalue weighted by molar-refractivity contribution is -0.422. The van der Waals surface area contributed by atoms with Gasteiger partial charge in [0.2, 0.25) is 5.70 Å². The van der Waals surface area contributed by atoms with Crippen molar-refractivity contribution in [3.63, 3.8) is 0 Å². The van der Waals surface area contributed by atoms with E-state index in [1.165, 1.54) is 26.2 Å². The third-order valence-electron chi connectivity index (χ3n) is 2.07. The van der Waals surface area contributed by atoms with Crippen molar-refractivity contribution in [2.75, 3.05) is 7.11 Å². The number of methoxy groups -OCH3 is 1. The molecule has 0 aliphatic carbocycles.